The molecule has 2 spiro atoms. The lowest BCUT2D eigenvalue weighted by molar-refractivity contribution is -0.140. The summed E-state index contributed by atoms with van der Waals surface area (Å²) in [5.41, 5.74) is 6.77. The van der Waals surface area contributed by atoms with Gasteiger partial charge in [0.2, 0.25) is 0 Å². The van der Waals surface area contributed by atoms with Crippen LogP contribution in [0.1, 0.15) is 86.6 Å². The highest BCUT2D eigenvalue weighted by molar-refractivity contribution is 6.10. The SMILES string of the molecule is Cc1cc2c3c(c1)C1(C(=O)N3C3(CCCCCC3)CC2(C)C)N(Cc2ccccc2)CCN1Cc1ccccc1. The quantitative estimate of drug-likeness (QED) is 0.352. The van der Waals surface area contributed by atoms with E-state index in [1.54, 1.807) is 0 Å². The van der Waals surface area contributed by atoms with Gasteiger partial charge < -0.3 is 4.90 Å². The molecule has 2 fully saturated rings. The Hall–Kier alpha value is -2.95. The van der Waals surface area contributed by atoms with Crippen LogP contribution in [-0.4, -0.2) is 34.3 Å². The van der Waals surface area contributed by atoms with Crippen molar-refractivity contribution in [3.8, 4) is 0 Å². The monoisotopic (exact) mass is 533 g/mol. The van der Waals surface area contributed by atoms with E-state index in [1.165, 1.54) is 59.2 Å². The van der Waals surface area contributed by atoms with Crippen molar-refractivity contribution in [2.75, 3.05) is 18.0 Å². The lowest BCUT2D eigenvalue weighted by atomic mass is 9.66. The molecule has 3 heterocycles. The van der Waals surface area contributed by atoms with Gasteiger partial charge in [-0.1, -0.05) is 118 Å². The second kappa shape index (κ2) is 9.56. The number of carbonyl (C=O) groups is 1. The van der Waals surface area contributed by atoms with Gasteiger partial charge in [-0.3, -0.25) is 14.6 Å². The van der Waals surface area contributed by atoms with Crippen LogP contribution >= 0.6 is 0 Å². The Balaban J connectivity index is 1.46. The Labute approximate surface area is 240 Å². The summed E-state index contributed by atoms with van der Waals surface area (Å²) >= 11 is 0. The standard InChI is InChI=1S/C36H43N3O/c1-27-22-30-32-31(23-27)36(33(40)39(32)35(26-34(30,2)3)18-12-4-5-13-19-35)37(24-28-14-8-6-9-15-28)20-21-38(36)25-29-16-10-7-11-17-29/h6-11,14-17,22-23H,4-5,12-13,18-21,24-26H2,1-3H3. The Morgan fingerprint density at radius 3 is 1.80 bits per heavy atom. The predicted molar refractivity (Wildman–Crippen MR) is 162 cm³/mol. The van der Waals surface area contributed by atoms with Crippen LogP contribution in [0.15, 0.2) is 72.8 Å². The lowest BCUT2D eigenvalue weighted by Crippen LogP contribution is -2.63. The molecular weight excluding hydrogens is 490 g/mol. The second-order valence-corrected chi connectivity index (χ2v) is 13.5. The van der Waals surface area contributed by atoms with Crippen LogP contribution in [0.3, 0.4) is 0 Å². The van der Waals surface area contributed by atoms with Crippen LogP contribution in [0.4, 0.5) is 5.69 Å². The zero-order chi connectivity index (χ0) is 27.5. The first-order valence-electron chi connectivity index (χ1n) is 15.4. The number of amides is 1. The number of benzene rings is 3. The molecule has 0 unspecified atom stereocenters. The van der Waals surface area contributed by atoms with E-state index in [4.69, 9.17) is 0 Å². The average molecular weight is 534 g/mol. The summed E-state index contributed by atoms with van der Waals surface area (Å²) in [6.45, 7) is 10.4. The Morgan fingerprint density at radius 1 is 0.725 bits per heavy atom. The molecule has 4 nitrogen and oxygen atoms in total. The maximum atomic E-state index is 15.6. The molecule has 3 aliphatic heterocycles. The van der Waals surface area contributed by atoms with Crippen LogP contribution in [0.2, 0.25) is 0 Å². The zero-order valence-electron chi connectivity index (χ0n) is 24.5. The van der Waals surface area contributed by atoms with Crippen molar-refractivity contribution in [1.82, 2.24) is 9.80 Å². The van der Waals surface area contributed by atoms with Gasteiger partial charge in [0.15, 0.2) is 5.66 Å². The first-order chi connectivity index (χ1) is 19.3. The number of carbonyl (C=O) groups excluding carboxylic acids is 1. The third-order valence-electron chi connectivity index (χ3n) is 10.4. The van der Waals surface area contributed by atoms with Gasteiger partial charge in [-0.05, 0) is 48.3 Å². The van der Waals surface area contributed by atoms with Crippen molar-refractivity contribution in [3.63, 3.8) is 0 Å². The molecule has 3 aromatic carbocycles. The zero-order valence-corrected chi connectivity index (χ0v) is 24.5. The molecule has 0 radical (unpaired) electrons. The number of fused-ring (bicyclic) bond motifs is 2. The molecule has 4 aliphatic rings. The number of rotatable bonds is 4. The molecule has 1 aliphatic carbocycles. The molecule has 1 saturated carbocycles. The van der Waals surface area contributed by atoms with Gasteiger partial charge in [-0.2, -0.15) is 0 Å². The first kappa shape index (κ1) is 26.0. The van der Waals surface area contributed by atoms with Crippen molar-refractivity contribution < 1.29 is 4.79 Å². The first-order valence-corrected chi connectivity index (χ1v) is 15.4. The number of aryl methyl sites for hydroxylation is 1. The minimum atomic E-state index is -0.790. The summed E-state index contributed by atoms with van der Waals surface area (Å²) < 4.78 is 0. The average Bonchev–Trinajstić information content (AvgIpc) is 3.30. The molecule has 0 atom stereocenters. The Morgan fingerprint density at radius 2 is 1.25 bits per heavy atom. The molecule has 40 heavy (non-hydrogen) atoms. The fraction of sp³-hybridized carbons (Fsp3) is 0.472. The third-order valence-corrected chi connectivity index (χ3v) is 10.4. The van der Waals surface area contributed by atoms with Crippen molar-refractivity contribution in [2.45, 2.75) is 95.4 Å². The highest BCUT2D eigenvalue weighted by Crippen LogP contribution is 2.61. The van der Waals surface area contributed by atoms with Crippen LogP contribution in [0.25, 0.3) is 0 Å². The Kier molecular flexibility index (Phi) is 6.21. The summed E-state index contributed by atoms with van der Waals surface area (Å²) in [6, 6.07) is 26.2. The summed E-state index contributed by atoms with van der Waals surface area (Å²) in [4.78, 5) is 23.0. The topological polar surface area (TPSA) is 26.8 Å². The minimum absolute atomic E-state index is 0.0237. The highest BCUT2D eigenvalue weighted by Gasteiger charge is 2.66. The molecule has 1 saturated heterocycles. The number of anilines is 1. The van der Waals surface area contributed by atoms with E-state index in [-0.39, 0.29) is 11.0 Å². The van der Waals surface area contributed by atoms with E-state index in [2.05, 4.69) is 108 Å². The minimum Gasteiger partial charge on any atom is -0.302 e. The van der Waals surface area contributed by atoms with Gasteiger partial charge in [0.25, 0.3) is 5.91 Å². The lowest BCUT2D eigenvalue weighted by Gasteiger charge is -2.52. The van der Waals surface area contributed by atoms with Crippen molar-refractivity contribution in [1.29, 1.82) is 0 Å². The van der Waals surface area contributed by atoms with E-state index < -0.39 is 5.66 Å². The fourth-order valence-electron chi connectivity index (χ4n) is 8.78. The van der Waals surface area contributed by atoms with E-state index in [0.717, 1.165) is 45.4 Å². The van der Waals surface area contributed by atoms with Gasteiger partial charge in [0.1, 0.15) is 0 Å². The summed E-state index contributed by atoms with van der Waals surface area (Å²) in [6.07, 6.45) is 8.27. The van der Waals surface area contributed by atoms with Gasteiger partial charge >= 0.3 is 0 Å². The van der Waals surface area contributed by atoms with Crippen LogP contribution in [-0.2, 0) is 29.0 Å². The van der Waals surface area contributed by atoms with E-state index in [1.807, 2.05) is 0 Å². The summed E-state index contributed by atoms with van der Waals surface area (Å²) in [5, 5.41) is 0. The predicted octanol–water partition coefficient (Wildman–Crippen LogP) is 7.29. The number of hydrogen-bond donors (Lipinski definition) is 0. The van der Waals surface area contributed by atoms with Crippen LogP contribution < -0.4 is 4.90 Å². The van der Waals surface area contributed by atoms with Crippen molar-refractivity contribution in [3.05, 3.63) is 101 Å². The second-order valence-electron chi connectivity index (χ2n) is 13.5. The van der Waals surface area contributed by atoms with E-state index in [0.29, 0.717) is 5.91 Å². The maximum absolute atomic E-state index is 15.6. The van der Waals surface area contributed by atoms with E-state index >= 15 is 4.79 Å². The fourth-order valence-corrected chi connectivity index (χ4v) is 8.78. The molecule has 0 bridgehead atoms. The molecule has 208 valence electrons. The van der Waals surface area contributed by atoms with Gasteiger partial charge in [0.05, 0.1) is 5.69 Å². The Bertz CT molecular complexity index is 1360. The van der Waals surface area contributed by atoms with Crippen molar-refractivity contribution >= 4 is 11.6 Å². The molecule has 4 heteroatoms. The van der Waals surface area contributed by atoms with Gasteiger partial charge in [-0.15, -0.1) is 0 Å². The van der Waals surface area contributed by atoms with Gasteiger partial charge in [-0.25, -0.2) is 0 Å². The summed E-state index contributed by atoms with van der Waals surface area (Å²) in [7, 11) is 0. The number of hydrogen-bond acceptors (Lipinski definition) is 3. The molecule has 7 rings (SSSR count). The van der Waals surface area contributed by atoms with Crippen LogP contribution in [0, 0.1) is 6.92 Å². The summed E-state index contributed by atoms with van der Waals surface area (Å²) in [5.74, 6) is 0.302. The van der Waals surface area contributed by atoms with E-state index in [9.17, 15) is 0 Å². The highest BCUT2D eigenvalue weighted by atomic mass is 16.2. The normalized spacial score (nSPS) is 23.1. The smallest absolute Gasteiger partial charge is 0.268 e. The molecular formula is C36H43N3O. The number of nitrogens with zero attached hydrogens (tertiary/aromatic N) is 3. The third kappa shape index (κ3) is 3.83. The largest absolute Gasteiger partial charge is 0.302 e. The maximum Gasteiger partial charge on any atom is 0.268 e. The molecule has 0 aromatic heterocycles. The molecule has 1 amide bonds. The molecule has 3 aromatic rings. The van der Waals surface area contributed by atoms with Crippen LogP contribution in [0.5, 0.6) is 0 Å². The molecule has 0 N–H and O–H groups in total. The van der Waals surface area contributed by atoms with Gasteiger partial charge in [0, 0.05) is 37.3 Å². The van der Waals surface area contributed by atoms with Crippen molar-refractivity contribution in [2.24, 2.45) is 0 Å².